The van der Waals surface area contributed by atoms with E-state index in [-0.39, 0.29) is 22.9 Å². The molecule has 0 radical (unpaired) electrons. The third-order valence-electron chi connectivity index (χ3n) is 3.32. The lowest BCUT2D eigenvalue weighted by atomic mass is 10.1. The van der Waals surface area contributed by atoms with Gasteiger partial charge in [0.1, 0.15) is 17.1 Å². The summed E-state index contributed by atoms with van der Waals surface area (Å²) in [7, 11) is 0. The van der Waals surface area contributed by atoms with E-state index in [4.69, 9.17) is 21.1 Å². The van der Waals surface area contributed by atoms with Gasteiger partial charge >= 0.3 is 5.97 Å². The minimum atomic E-state index is -0.620. The van der Waals surface area contributed by atoms with E-state index in [2.05, 4.69) is 4.98 Å². The molecule has 0 saturated heterocycles. The lowest BCUT2D eigenvalue weighted by Gasteiger charge is -2.13. The summed E-state index contributed by atoms with van der Waals surface area (Å²) in [5.41, 5.74) is 0.537. The van der Waals surface area contributed by atoms with Gasteiger partial charge in [0.25, 0.3) is 0 Å². The van der Waals surface area contributed by atoms with Crippen molar-refractivity contribution < 1.29 is 18.7 Å². The molecule has 0 fully saturated rings. The van der Waals surface area contributed by atoms with Crippen molar-refractivity contribution in [2.24, 2.45) is 0 Å². The fourth-order valence-electron chi connectivity index (χ4n) is 2.23. The molecule has 2 aromatic carbocycles. The standard InChI is InChI=1S/C18H13ClFNO3/c1-2-23-18(22)13-10-21-16-9-14(19)15(20)8-12(16)17(13)24-11-6-4-3-5-7-11/h3-10H,2H2,1H3. The van der Waals surface area contributed by atoms with E-state index in [1.54, 1.807) is 31.2 Å². The zero-order valence-electron chi connectivity index (χ0n) is 12.8. The Morgan fingerprint density at radius 2 is 2.00 bits per heavy atom. The fourth-order valence-corrected chi connectivity index (χ4v) is 2.39. The number of fused-ring (bicyclic) bond motifs is 1. The second kappa shape index (κ2) is 6.84. The molecule has 0 aliphatic heterocycles. The number of pyridine rings is 1. The van der Waals surface area contributed by atoms with Crippen molar-refractivity contribution in [3.05, 3.63) is 65.1 Å². The highest BCUT2D eigenvalue weighted by Gasteiger charge is 2.20. The highest BCUT2D eigenvalue weighted by Crippen LogP contribution is 2.35. The van der Waals surface area contributed by atoms with Crippen molar-refractivity contribution in [1.29, 1.82) is 0 Å². The molecular weight excluding hydrogens is 333 g/mol. The molecular formula is C18H13ClFNO3. The number of hydrogen-bond donors (Lipinski definition) is 0. The summed E-state index contributed by atoms with van der Waals surface area (Å²) >= 11 is 5.80. The molecule has 3 aromatic rings. The summed E-state index contributed by atoms with van der Waals surface area (Å²) in [6.07, 6.45) is 1.34. The Bertz CT molecular complexity index is 900. The number of hydrogen-bond acceptors (Lipinski definition) is 4. The SMILES string of the molecule is CCOC(=O)c1cnc2cc(Cl)c(F)cc2c1Oc1ccccc1. The van der Waals surface area contributed by atoms with Crippen LogP contribution in [0.15, 0.2) is 48.7 Å². The van der Waals surface area contributed by atoms with Crippen LogP contribution in [-0.2, 0) is 4.74 Å². The van der Waals surface area contributed by atoms with Crippen molar-refractivity contribution in [2.75, 3.05) is 6.61 Å². The van der Waals surface area contributed by atoms with E-state index in [0.29, 0.717) is 16.7 Å². The lowest BCUT2D eigenvalue weighted by Crippen LogP contribution is -2.08. The number of halogens is 2. The number of para-hydroxylation sites is 1. The van der Waals surface area contributed by atoms with Gasteiger partial charge in [-0.25, -0.2) is 9.18 Å². The number of carbonyl (C=O) groups is 1. The molecule has 0 unspecified atom stereocenters. The summed E-state index contributed by atoms with van der Waals surface area (Å²) in [5, 5.41) is 0.288. The molecule has 24 heavy (non-hydrogen) atoms. The van der Waals surface area contributed by atoms with Crippen LogP contribution in [0.1, 0.15) is 17.3 Å². The molecule has 0 amide bonds. The smallest absolute Gasteiger partial charge is 0.343 e. The maximum absolute atomic E-state index is 13.9. The van der Waals surface area contributed by atoms with Crippen LogP contribution < -0.4 is 4.74 Å². The van der Waals surface area contributed by atoms with Crippen molar-refractivity contribution >= 4 is 28.5 Å². The predicted molar refractivity (Wildman–Crippen MR) is 89.2 cm³/mol. The molecule has 122 valence electrons. The number of esters is 1. The first-order valence-electron chi connectivity index (χ1n) is 7.28. The number of benzene rings is 2. The Kier molecular flexibility index (Phi) is 4.62. The number of ether oxygens (including phenoxy) is 2. The zero-order valence-corrected chi connectivity index (χ0v) is 13.5. The first-order chi connectivity index (χ1) is 11.6. The van der Waals surface area contributed by atoms with Gasteiger partial charge in [0.15, 0.2) is 5.75 Å². The van der Waals surface area contributed by atoms with Gasteiger partial charge in [-0.1, -0.05) is 29.8 Å². The minimum absolute atomic E-state index is 0.0513. The van der Waals surface area contributed by atoms with Crippen LogP contribution in [0.5, 0.6) is 11.5 Å². The molecule has 6 heteroatoms. The van der Waals surface area contributed by atoms with Gasteiger partial charge in [0, 0.05) is 11.6 Å². The zero-order chi connectivity index (χ0) is 17.1. The van der Waals surface area contributed by atoms with E-state index >= 15 is 0 Å². The lowest BCUT2D eigenvalue weighted by molar-refractivity contribution is 0.0523. The average molecular weight is 346 g/mol. The number of rotatable bonds is 4. The van der Waals surface area contributed by atoms with Crippen molar-refractivity contribution in [1.82, 2.24) is 4.98 Å². The van der Waals surface area contributed by atoms with Crippen LogP contribution in [0.25, 0.3) is 10.9 Å². The second-order valence-electron chi connectivity index (χ2n) is 4.92. The molecule has 1 heterocycles. The Morgan fingerprint density at radius 3 is 2.71 bits per heavy atom. The van der Waals surface area contributed by atoms with Crippen molar-refractivity contribution in [2.45, 2.75) is 6.92 Å². The van der Waals surface area contributed by atoms with Gasteiger partial charge in [0.05, 0.1) is 17.1 Å². The molecule has 0 aliphatic carbocycles. The van der Waals surface area contributed by atoms with E-state index in [1.807, 2.05) is 6.07 Å². The fraction of sp³-hybridized carbons (Fsp3) is 0.111. The summed E-state index contributed by atoms with van der Waals surface area (Å²) in [6.45, 7) is 1.90. The first-order valence-corrected chi connectivity index (χ1v) is 7.65. The molecule has 0 N–H and O–H groups in total. The van der Waals surface area contributed by atoms with Crippen molar-refractivity contribution in [3.63, 3.8) is 0 Å². The van der Waals surface area contributed by atoms with Gasteiger partial charge in [0.2, 0.25) is 0 Å². The largest absolute Gasteiger partial charge is 0.462 e. The van der Waals surface area contributed by atoms with Gasteiger partial charge < -0.3 is 9.47 Å². The van der Waals surface area contributed by atoms with Gasteiger partial charge in [-0.15, -0.1) is 0 Å². The van der Waals surface area contributed by atoms with E-state index in [1.165, 1.54) is 18.3 Å². The quantitative estimate of drug-likeness (QED) is 0.624. The monoisotopic (exact) mass is 345 g/mol. The number of carbonyl (C=O) groups excluding carboxylic acids is 1. The van der Waals surface area contributed by atoms with Gasteiger partial charge in [-0.05, 0) is 31.2 Å². The van der Waals surface area contributed by atoms with E-state index in [9.17, 15) is 9.18 Å². The number of nitrogens with zero attached hydrogens (tertiary/aromatic N) is 1. The van der Waals surface area contributed by atoms with Crippen LogP contribution >= 0.6 is 11.6 Å². The molecule has 0 bridgehead atoms. The van der Waals surface area contributed by atoms with Crippen LogP contribution in [0.2, 0.25) is 5.02 Å². The summed E-state index contributed by atoms with van der Waals surface area (Å²) in [4.78, 5) is 16.3. The summed E-state index contributed by atoms with van der Waals surface area (Å²) < 4.78 is 24.8. The molecule has 0 atom stereocenters. The minimum Gasteiger partial charge on any atom is -0.462 e. The maximum atomic E-state index is 13.9. The summed E-state index contributed by atoms with van der Waals surface area (Å²) in [6, 6.07) is 11.5. The normalized spacial score (nSPS) is 10.6. The topological polar surface area (TPSA) is 48.4 Å². The molecule has 4 nitrogen and oxygen atoms in total. The second-order valence-corrected chi connectivity index (χ2v) is 5.33. The third-order valence-corrected chi connectivity index (χ3v) is 3.61. The maximum Gasteiger partial charge on any atom is 0.343 e. The highest BCUT2D eigenvalue weighted by atomic mass is 35.5. The molecule has 0 saturated carbocycles. The summed E-state index contributed by atoms with van der Waals surface area (Å²) in [5.74, 6) is -0.524. The Balaban J connectivity index is 2.21. The molecule has 1 aromatic heterocycles. The van der Waals surface area contributed by atoms with Gasteiger partial charge in [-0.2, -0.15) is 0 Å². The molecule has 0 spiro atoms. The first kappa shape index (κ1) is 16.2. The Morgan fingerprint density at radius 1 is 1.25 bits per heavy atom. The van der Waals surface area contributed by atoms with Crippen molar-refractivity contribution in [3.8, 4) is 11.5 Å². The number of aromatic nitrogens is 1. The van der Waals surface area contributed by atoms with Crippen LogP contribution in [0.4, 0.5) is 4.39 Å². The van der Waals surface area contributed by atoms with Gasteiger partial charge in [-0.3, -0.25) is 4.98 Å². The highest BCUT2D eigenvalue weighted by molar-refractivity contribution is 6.31. The van der Waals surface area contributed by atoms with Crippen LogP contribution in [-0.4, -0.2) is 17.6 Å². The predicted octanol–water partition coefficient (Wildman–Crippen LogP) is 5.00. The average Bonchev–Trinajstić information content (AvgIpc) is 2.58. The molecule has 0 aliphatic rings. The van der Waals surface area contributed by atoms with E-state index < -0.39 is 11.8 Å². The Hall–Kier alpha value is -2.66. The van der Waals surface area contributed by atoms with E-state index in [0.717, 1.165) is 0 Å². The van der Waals surface area contributed by atoms with Crippen LogP contribution in [0, 0.1) is 5.82 Å². The Labute approximate surface area is 142 Å². The molecule has 3 rings (SSSR count). The van der Waals surface area contributed by atoms with Crippen LogP contribution in [0.3, 0.4) is 0 Å². The third kappa shape index (κ3) is 3.16.